The Kier molecular flexibility index (Phi) is 2.83. The SMILES string of the molecule is N#Cc1cc(Cn2ccc(=O)[nH]c2=O)ccn1. The molecule has 17 heavy (non-hydrogen) atoms. The van der Waals surface area contributed by atoms with Gasteiger partial charge in [-0.1, -0.05) is 0 Å². The van der Waals surface area contributed by atoms with Gasteiger partial charge < -0.3 is 0 Å². The van der Waals surface area contributed by atoms with Gasteiger partial charge >= 0.3 is 5.69 Å². The lowest BCUT2D eigenvalue weighted by atomic mass is 10.2. The fourth-order valence-electron chi connectivity index (χ4n) is 1.40. The molecule has 0 aliphatic carbocycles. The van der Waals surface area contributed by atoms with Crippen LogP contribution in [-0.4, -0.2) is 14.5 Å². The van der Waals surface area contributed by atoms with Crippen LogP contribution in [0.1, 0.15) is 11.3 Å². The predicted octanol–water partition coefficient (Wildman–Crippen LogP) is -0.148. The molecule has 2 aromatic heterocycles. The van der Waals surface area contributed by atoms with Gasteiger partial charge in [0.25, 0.3) is 5.56 Å². The highest BCUT2D eigenvalue weighted by Gasteiger charge is 2.00. The number of aromatic amines is 1. The minimum absolute atomic E-state index is 0.285. The molecule has 1 N–H and O–H groups in total. The minimum atomic E-state index is -0.479. The number of pyridine rings is 1. The van der Waals surface area contributed by atoms with Crippen molar-refractivity contribution in [2.75, 3.05) is 0 Å². The summed E-state index contributed by atoms with van der Waals surface area (Å²) in [6.45, 7) is 0.285. The third kappa shape index (κ3) is 2.46. The standard InChI is InChI=1S/C11H8N4O2/c12-6-9-5-8(1-3-13-9)7-15-4-2-10(16)14-11(15)17/h1-5H,7H2,(H,14,16,17). The summed E-state index contributed by atoms with van der Waals surface area (Å²) in [6, 6.07) is 6.49. The van der Waals surface area contributed by atoms with E-state index in [4.69, 9.17) is 5.26 Å². The minimum Gasteiger partial charge on any atom is -0.296 e. The Morgan fingerprint density at radius 1 is 1.41 bits per heavy atom. The molecule has 0 fully saturated rings. The van der Waals surface area contributed by atoms with E-state index in [0.29, 0.717) is 5.69 Å². The van der Waals surface area contributed by atoms with E-state index in [1.54, 1.807) is 12.1 Å². The van der Waals surface area contributed by atoms with Crippen LogP contribution in [0.4, 0.5) is 0 Å². The number of nitrogens with zero attached hydrogens (tertiary/aromatic N) is 3. The Morgan fingerprint density at radius 2 is 2.24 bits per heavy atom. The molecule has 2 aromatic rings. The second-order valence-corrected chi connectivity index (χ2v) is 3.40. The van der Waals surface area contributed by atoms with Crippen LogP contribution in [0.3, 0.4) is 0 Å². The molecule has 0 saturated heterocycles. The van der Waals surface area contributed by atoms with Crippen LogP contribution in [-0.2, 0) is 6.54 Å². The largest absolute Gasteiger partial charge is 0.328 e. The van der Waals surface area contributed by atoms with Crippen molar-refractivity contribution in [3.8, 4) is 6.07 Å². The lowest BCUT2D eigenvalue weighted by molar-refractivity contribution is 0.719. The summed E-state index contributed by atoms with van der Waals surface area (Å²) in [4.78, 5) is 28.3. The molecule has 0 amide bonds. The third-order valence-corrected chi connectivity index (χ3v) is 2.19. The zero-order chi connectivity index (χ0) is 12.3. The van der Waals surface area contributed by atoms with Crippen molar-refractivity contribution in [3.05, 3.63) is 62.7 Å². The third-order valence-electron chi connectivity index (χ3n) is 2.19. The zero-order valence-corrected chi connectivity index (χ0v) is 8.75. The fourth-order valence-corrected chi connectivity index (χ4v) is 1.40. The average molecular weight is 228 g/mol. The molecule has 0 spiro atoms. The van der Waals surface area contributed by atoms with Gasteiger partial charge in [0, 0.05) is 18.5 Å². The normalized spacial score (nSPS) is 9.82. The number of H-pyrrole nitrogens is 1. The molecule has 0 radical (unpaired) electrons. The number of hydrogen-bond acceptors (Lipinski definition) is 4. The lowest BCUT2D eigenvalue weighted by Crippen LogP contribution is -2.28. The van der Waals surface area contributed by atoms with Gasteiger partial charge in [-0.2, -0.15) is 5.26 Å². The number of rotatable bonds is 2. The molecule has 0 unspecified atom stereocenters. The van der Waals surface area contributed by atoms with E-state index in [9.17, 15) is 9.59 Å². The first-order chi connectivity index (χ1) is 8.19. The first-order valence-electron chi connectivity index (χ1n) is 4.84. The number of aromatic nitrogens is 3. The Labute approximate surface area is 95.8 Å². The van der Waals surface area contributed by atoms with Crippen LogP contribution in [0, 0.1) is 11.3 Å². The molecule has 84 valence electrons. The molecule has 0 saturated carbocycles. The van der Waals surface area contributed by atoms with E-state index in [2.05, 4.69) is 9.97 Å². The zero-order valence-electron chi connectivity index (χ0n) is 8.75. The Balaban J connectivity index is 2.35. The van der Waals surface area contributed by atoms with Crippen molar-refractivity contribution in [2.45, 2.75) is 6.54 Å². The molecule has 0 aliphatic heterocycles. The number of nitrogens with one attached hydrogen (secondary N) is 1. The summed E-state index contributed by atoms with van der Waals surface area (Å²) in [5.41, 5.74) is 0.150. The smallest absolute Gasteiger partial charge is 0.296 e. The molecule has 2 heterocycles. The van der Waals surface area contributed by atoms with Gasteiger partial charge in [-0.25, -0.2) is 9.78 Å². The van der Waals surface area contributed by atoms with Crippen LogP contribution in [0.15, 0.2) is 40.2 Å². The summed E-state index contributed by atoms with van der Waals surface area (Å²) in [6.07, 6.45) is 2.91. The first-order valence-corrected chi connectivity index (χ1v) is 4.84. The van der Waals surface area contributed by atoms with E-state index in [0.717, 1.165) is 5.56 Å². The average Bonchev–Trinajstić information content (AvgIpc) is 2.33. The highest BCUT2D eigenvalue weighted by molar-refractivity contribution is 5.25. The molecule has 0 aromatic carbocycles. The first kappa shape index (κ1) is 10.8. The van der Waals surface area contributed by atoms with E-state index < -0.39 is 11.2 Å². The maximum absolute atomic E-state index is 11.4. The van der Waals surface area contributed by atoms with Crippen LogP contribution in [0.5, 0.6) is 0 Å². The van der Waals surface area contributed by atoms with Crippen LogP contribution in [0.25, 0.3) is 0 Å². The van der Waals surface area contributed by atoms with Gasteiger partial charge in [-0.15, -0.1) is 0 Å². The molecular formula is C11H8N4O2. The van der Waals surface area contributed by atoms with Crippen LogP contribution >= 0.6 is 0 Å². The van der Waals surface area contributed by atoms with Gasteiger partial charge in [-0.05, 0) is 17.7 Å². The van der Waals surface area contributed by atoms with Crippen LogP contribution in [0.2, 0.25) is 0 Å². The van der Waals surface area contributed by atoms with Gasteiger partial charge in [0.15, 0.2) is 0 Å². The quantitative estimate of drug-likeness (QED) is 0.773. The second-order valence-electron chi connectivity index (χ2n) is 3.40. The van der Waals surface area contributed by atoms with Gasteiger partial charge in [0.05, 0.1) is 6.54 Å². The highest BCUT2D eigenvalue weighted by Crippen LogP contribution is 2.01. The summed E-state index contributed by atoms with van der Waals surface area (Å²) >= 11 is 0. The Hall–Kier alpha value is -2.68. The van der Waals surface area contributed by atoms with E-state index in [1.807, 2.05) is 6.07 Å². The molecule has 6 heteroatoms. The van der Waals surface area contributed by atoms with Crippen molar-refractivity contribution in [1.29, 1.82) is 5.26 Å². The molecule has 0 bridgehead atoms. The Bertz CT molecular complexity index is 693. The molecule has 0 aliphatic rings. The Morgan fingerprint density at radius 3 is 2.94 bits per heavy atom. The fraction of sp³-hybridized carbons (Fsp3) is 0.0909. The van der Waals surface area contributed by atoms with E-state index >= 15 is 0 Å². The summed E-state index contributed by atoms with van der Waals surface area (Å²) in [7, 11) is 0. The van der Waals surface area contributed by atoms with E-state index in [-0.39, 0.29) is 6.54 Å². The predicted molar refractivity (Wildman–Crippen MR) is 59.4 cm³/mol. The van der Waals surface area contributed by atoms with Crippen molar-refractivity contribution in [3.63, 3.8) is 0 Å². The lowest BCUT2D eigenvalue weighted by Gasteiger charge is -2.04. The van der Waals surface area contributed by atoms with Crippen molar-refractivity contribution >= 4 is 0 Å². The number of hydrogen-bond donors (Lipinski definition) is 1. The summed E-state index contributed by atoms with van der Waals surface area (Å²) in [5.74, 6) is 0. The van der Waals surface area contributed by atoms with Gasteiger partial charge in [0.1, 0.15) is 11.8 Å². The molecule has 0 atom stereocenters. The second kappa shape index (κ2) is 4.45. The molecule has 2 rings (SSSR count). The summed E-state index contributed by atoms with van der Waals surface area (Å²) in [5, 5.41) is 8.69. The molecular weight excluding hydrogens is 220 g/mol. The van der Waals surface area contributed by atoms with E-state index in [1.165, 1.54) is 23.0 Å². The van der Waals surface area contributed by atoms with Crippen LogP contribution < -0.4 is 11.2 Å². The van der Waals surface area contributed by atoms with Gasteiger partial charge in [-0.3, -0.25) is 14.3 Å². The van der Waals surface area contributed by atoms with Gasteiger partial charge in [0.2, 0.25) is 0 Å². The highest BCUT2D eigenvalue weighted by atomic mass is 16.2. The topological polar surface area (TPSA) is 91.5 Å². The maximum atomic E-state index is 11.4. The van der Waals surface area contributed by atoms with Crippen molar-refractivity contribution in [2.24, 2.45) is 0 Å². The number of nitriles is 1. The monoisotopic (exact) mass is 228 g/mol. The molecule has 6 nitrogen and oxygen atoms in total. The van der Waals surface area contributed by atoms with Crippen molar-refractivity contribution < 1.29 is 0 Å². The summed E-state index contributed by atoms with van der Waals surface area (Å²) < 4.78 is 1.35. The maximum Gasteiger partial charge on any atom is 0.328 e. The van der Waals surface area contributed by atoms with Crippen molar-refractivity contribution in [1.82, 2.24) is 14.5 Å².